The molecule has 0 heterocycles. The van der Waals surface area contributed by atoms with Gasteiger partial charge in [-0.15, -0.1) is 0 Å². The minimum Gasteiger partial charge on any atom is -0.328 e. The van der Waals surface area contributed by atoms with E-state index < -0.39 is 0 Å². The number of nitrogens with one attached hydrogen (secondary N) is 1. The van der Waals surface area contributed by atoms with Crippen molar-refractivity contribution in [2.45, 2.75) is 53.0 Å². The van der Waals surface area contributed by atoms with Crippen LogP contribution in [-0.2, 0) is 0 Å². The third-order valence-electron chi connectivity index (χ3n) is 3.94. The van der Waals surface area contributed by atoms with E-state index in [0.29, 0.717) is 11.5 Å². The lowest BCUT2D eigenvalue weighted by atomic mass is 9.82. The average molecular weight is 212 g/mol. The number of hydrogen-bond donors (Lipinski definition) is 2. The highest BCUT2D eigenvalue weighted by Crippen LogP contribution is 2.25. The molecule has 3 unspecified atom stereocenters. The van der Waals surface area contributed by atoms with Crippen LogP contribution in [0.25, 0.3) is 0 Å². The van der Waals surface area contributed by atoms with Crippen LogP contribution in [0, 0.1) is 17.3 Å². The summed E-state index contributed by atoms with van der Waals surface area (Å²) in [6.45, 7) is 11.6. The molecule has 1 aliphatic carbocycles. The first-order chi connectivity index (χ1) is 6.89. The molecule has 1 aliphatic rings. The van der Waals surface area contributed by atoms with Gasteiger partial charge in [0.25, 0.3) is 0 Å². The van der Waals surface area contributed by atoms with Crippen molar-refractivity contribution in [2.24, 2.45) is 23.0 Å². The maximum Gasteiger partial charge on any atom is 0.00420 e. The maximum atomic E-state index is 5.90. The quantitative estimate of drug-likeness (QED) is 0.751. The van der Waals surface area contributed by atoms with E-state index in [4.69, 9.17) is 5.73 Å². The fourth-order valence-corrected chi connectivity index (χ4v) is 2.11. The highest BCUT2D eigenvalue weighted by Gasteiger charge is 2.23. The van der Waals surface area contributed by atoms with Gasteiger partial charge in [-0.3, -0.25) is 0 Å². The largest absolute Gasteiger partial charge is 0.328 e. The molecule has 0 spiro atoms. The number of hydrogen-bond acceptors (Lipinski definition) is 2. The van der Waals surface area contributed by atoms with Gasteiger partial charge in [-0.1, -0.05) is 27.7 Å². The van der Waals surface area contributed by atoms with Crippen molar-refractivity contribution >= 4 is 0 Å². The third kappa shape index (κ3) is 4.52. The zero-order valence-corrected chi connectivity index (χ0v) is 10.8. The molecular formula is C13H28N2. The van der Waals surface area contributed by atoms with Crippen molar-refractivity contribution in [2.75, 3.05) is 13.1 Å². The van der Waals surface area contributed by atoms with Crippen molar-refractivity contribution in [1.29, 1.82) is 0 Å². The van der Waals surface area contributed by atoms with E-state index >= 15 is 0 Å². The Morgan fingerprint density at radius 3 is 2.47 bits per heavy atom. The monoisotopic (exact) mass is 212 g/mol. The van der Waals surface area contributed by atoms with E-state index in [1.54, 1.807) is 0 Å². The Morgan fingerprint density at radius 2 is 2.00 bits per heavy atom. The minimum atomic E-state index is 0.416. The van der Waals surface area contributed by atoms with Gasteiger partial charge >= 0.3 is 0 Å². The molecule has 90 valence electrons. The summed E-state index contributed by atoms with van der Waals surface area (Å²) in [6.07, 6.45) is 3.76. The van der Waals surface area contributed by atoms with Gasteiger partial charge in [-0.2, -0.15) is 0 Å². The van der Waals surface area contributed by atoms with Gasteiger partial charge < -0.3 is 11.1 Å². The molecule has 1 fully saturated rings. The molecule has 0 aliphatic heterocycles. The lowest BCUT2D eigenvalue weighted by Crippen LogP contribution is -2.32. The predicted octanol–water partition coefficient (Wildman–Crippen LogP) is 2.39. The summed E-state index contributed by atoms with van der Waals surface area (Å²) in [5.74, 6) is 1.56. The van der Waals surface area contributed by atoms with Crippen LogP contribution in [0.5, 0.6) is 0 Å². The van der Waals surface area contributed by atoms with Crippen LogP contribution in [0.2, 0.25) is 0 Å². The fourth-order valence-electron chi connectivity index (χ4n) is 2.11. The lowest BCUT2D eigenvalue weighted by Gasteiger charge is -2.28. The van der Waals surface area contributed by atoms with E-state index in [0.717, 1.165) is 24.9 Å². The molecule has 3 N–H and O–H groups in total. The van der Waals surface area contributed by atoms with Crippen LogP contribution < -0.4 is 11.1 Å². The molecule has 0 saturated heterocycles. The Labute approximate surface area is 95.0 Å². The highest BCUT2D eigenvalue weighted by molar-refractivity contribution is 4.80. The zero-order chi connectivity index (χ0) is 11.5. The van der Waals surface area contributed by atoms with Crippen molar-refractivity contribution in [3.05, 3.63) is 0 Å². The maximum absolute atomic E-state index is 5.90. The van der Waals surface area contributed by atoms with Gasteiger partial charge in [0.2, 0.25) is 0 Å². The predicted molar refractivity (Wildman–Crippen MR) is 66.8 cm³/mol. The normalized spacial score (nSPS) is 29.4. The molecule has 2 nitrogen and oxygen atoms in total. The molecule has 0 aromatic rings. The van der Waals surface area contributed by atoms with Crippen LogP contribution in [0.1, 0.15) is 47.0 Å². The van der Waals surface area contributed by atoms with Gasteiger partial charge in [0.1, 0.15) is 0 Å². The molecule has 3 atom stereocenters. The van der Waals surface area contributed by atoms with Crippen molar-refractivity contribution in [3.8, 4) is 0 Å². The first kappa shape index (κ1) is 13.0. The van der Waals surface area contributed by atoms with Crippen LogP contribution in [0.3, 0.4) is 0 Å². The SMILES string of the molecule is CC(CNCC1CCC(N)C1)C(C)(C)C. The average Bonchev–Trinajstić information content (AvgIpc) is 2.49. The Kier molecular flexibility index (Phi) is 4.60. The van der Waals surface area contributed by atoms with Crippen molar-refractivity contribution < 1.29 is 0 Å². The van der Waals surface area contributed by atoms with Gasteiger partial charge in [0.05, 0.1) is 0 Å². The summed E-state index contributed by atoms with van der Waals surface area (Å²) in [6, 6.07) is 0.469. The standard InChI is InChI=1S/C13H28N2/c1-10(13(2,3)4)8-15-9-11-5-6-12(14)7-11/h10-12,15H,5-9,14H2,1-4H3. The first-order valence-electron chi connectivity index (χ1n) is 6.36. The third-order valence-corrected chi connectivity index (χ3v) is 3.94. The second-order valence-electron chi connectivity index (χ2n) is 6.36. The summed E-state index contributed by atoms with van der Waals surface area (Å²) in [4.78, 5) is 0. The zero-order valence-electron chi connectivity index (χ0n) is 10.8. The Hall–Kier alpha value is -0.0800. The first-order valence-corrected chi connectivity index (χ1v) is 6.36. The van der Waals surface area contributed by atoms with Crippen molar-refractivity contribution in [1.82, 2.24) is 5.32 Å². The van der Waals surface area contributed by atoms with Gasteiger partial charge in [-0.05, 0) is 49.6 Å². The summed E-state index contributed by atoms with van der Waals surface area (Å²) in [5.41, 5.74) is 6.31. The molecule has 0 bridgehead atoms. The number of rotatable bonds is 4. The van der Waals surface area contributed by atoms with Crippen LogP contribution in [-0.4, -0.2) is 19.1 Å². The van der Waals surface area contributed by atoms with Gasteiger partial charge in [0.15, 0.2) is 0 Å². The Morgan fingerprint density at radius 1 is 1.33 bits per heavy atom. The fraction of sp³-hybridized carbons (Fsp3) is 1.00. The van der Waals surface area contributed by atoms with Crippen LogP contribution in [0.15, 0.2) is 0 Å². The summed E-state index contributed by atoms with van der Waals surface area (Å²) < 4.78 is 0. The van der Waals surface area contributed by atoms with E-state index in [2.05, 4.69) is 33.0 Å². The van der Waals surface area contributed by atoms with Crippen LogP contribution >= 0.6 is 0 Å². The molecule has 1 saturated carbocycles. The van der Waals surface area contributed by atoms with E-state index in [-0.39, 0.29) is 0 Å². The molecule has 0 radical (unpaired) electrons. The Bertz CT molecular complexity index is 183. The summed E-state index contributed by atoms with van der Waals surface area (Å²) in [7, 11) is 0. The van der Waals surface area contributed by atoms with E-state index in [1.165, 1.54) is 19.3 Å². The molecule has 15 heavy (non-hydrogen) atoms. The topological polar surface area (TPSA) is 38.0 Å². The second-order valence-corrected chi connectivity index (χ2v) is 6.36. The summed E-state index contributed by atoms with van der Waals surface area (Å²) in [5, 5.41) is 3.60. The molecule has 0 aromatic carbocycles. The second kappa shape index (κ2) is 5.31. The van der Waals surface area contributed by atoms with E-state index in [9.17, 15) is 0 Å². The Balaban J connectivity index is 2.11. The van der Waals surface area contributed by atoms with Crippen molar-refractivity contribution in [3.63, 3.8) is 0 Å². The van der Waals surface area contributed by atoms with E-state index in [1.807, 2.05) is 0 Å². The highest BCUT2D eigenvalue weighted by atomic mass is 14.9. The lowest BCUT2D eigenvalue weighted by molar-refractivity contribution is 0.249. The molecule has 2 heteroatoms. The van der Waals surface area contributed by atoms with Crippen LogP contribution in [0.4, 0.5) is 0 Å². The molecule has 0 aromatic heterocycles. The summed E-state index contributed by atoms with van der Waals surface area (Å²) >= 11 is 0. The minimum absolute atomic E-state index is 0.416. The molecule has 1 rings (SSSR count). The number of nitrogens with two attached hydrogens (primary N) is 1. The molecule has 0 amide bonds. The van der Waals surface area contributed by atoms with Gasteiger partial charge in [0, 0.05) is 6.04 Å². The van der Waals surface area contributed by atoms with Gasteiger partial charge in [-0.25, -0.2) is 0 Å². The smallest absolute Gasteiger partial charge is 0.00420 e. The molecular weight excluding hydrogens is 184 g/mol.